The smallest absolute Gasteiger partial charge is 0.308 e. The van der Waals surface area contributed by atoms with Gasteiger partial charge in [0.15, 0.2) is 11.5 Å². The van der Waals surface area contributed by atoms with Gasteiger partial charge in [0.1, 0.15) is 12.2 Å². The fourth-order valence-corrected chi connectivity index (χ4v) is 5.30. The summed E-state index contributed by atoms with van der Waals surface area (Å²) in [6.07, 6.45) is 2.52. The van der Waals surface area contributed by atoms with Gasteiger partial charge >= 0.3 is 5.97 Å². The molecular weight excluding hydrogens is 342 g/mol. The number of ether oxygens (including phenoxy) is 3. The number of hydrogen-bond acceptors (Lipinski definition) is 5. The molecule has 4 rings (SSSR count). The molecular formula is C22H31NO4. The van der Waals surface area contributed by atoms with Gasteiger partial charge in [-0.25, -0.2) is 0 Å². The Bertz CT molecular complexity index is 748. The Morgan fingerprint density at radius 3 is 2.93 bits per heavy atom. The number of rotatable bonds is 4. The van der Waals surface area contributed by atoms with E-state index in [1.807, 2.05) is 19.9 Å². The van der Waals surface area contributed by atoms with Crippen LogP contribution in [0.2, 0.25) is 0 Å². The van der Waals surface area contributed by atoms with Gasteiger partial charge in [-0.05, 0) is 38.1 Å². The van der Waals surface area contributed by atoms with Crippen LogP contribution in [0, 0.1) is 11.8 Å². The molecule has 2 unspecified atom stereocenters. The van der Waals surface area contributed by atoms with E-state index in [4.69, 9.17) is 14.2 Å². The van der Waals surface area contributed by atoms with E-state index < -0.39 is 0 Å². The Labute approximate surface area is 162 Å². The van der Waals surface area contributed by atoms with Gasteiger partial charge in [-0.15, -0.1) is 0 Å². The van der Waals surface area contributed by atoms with Crippen LogP contribution in [0.25, 0.3) is 0 Å². The highest BCUT2D eigenvalue weighted by atomic mass is 16.6. The van der Waals surface area contributed by atoms with E-state index in [0.29, 0.717) is 0 Å². The van der Waals surface area contributed by atoms with Crippen LogP contribution in [0.5, 0.6) is 11.5 Å². The topological polar surface area (TPSA) is 48.0 Å². The fraction of sp³-hybridized carbons (Fsp3) is 0.682. The van der Waals surface area contributed by atoms with E-state index in [-0.39, 0.29) is 35.4 Å². The second-order valence-electron chi connectivity index (χ2n) is 8.57. The van der Waals surface area contributed by atoms with Crippen LogP contribution in [-0.4, -0.2) is 43.8 Å². The molecule has 0 N–H and O–H groups in total. The Kier molecular flexibility index (Phi) is 4.61. The number of methoxy groups -OCH3 is 1. The normalized spacial score (nSPS) is 32.9. The molecule has 0 aromatic heterocycles. The third kappa shape index (κ3) is 2.65. The zero-order valence-corrected chi connectivity index (χ0v) is 17.1. The molecule has 1 fully saturated rings. The Hall–Kier alpha value is -1.75. The van der Waals surface area contributed by atoms with E-state index in [9.17, 15) is 4.79 Å². The van der Waals surface area contributed by atoms with Gasteiger partial charge < -0.3 is 19.1 Å². The van der Waals surface area contributed by atoms with Crippen LogP contribution >= 0.6 is 0 Å². The van der Waals surface area contributed by atoms with Crippen molar-refractivity contribution in [1.29, 1.82) is 0 Å². The van der Waals surface area contributed by atoms with Gasteiger partial charge in [0.25, 0.3) is 0 Å². The molecule has 148 valence electrons. The molecule has 5 heteroatoms. The number of benzene rings is 1. The van der Waals surface area contributed by atoms with Crippen molar-refractivity contribution in [2.24, 2.45) is 11.8 Å². The molecule has 1 aliphatic carbocycles. The van der Waals surface area contributed by atoms with Crippen molar-refractivity contribution < 1.29 is 19.0 Å². The van der Waals surface area contributed by atoms with E-state index in [0.717, 1.165) is 43.9 Å². The first kappa shape index (κ1) is 18.6. The van der Waals surface area contributed by atoms with Crippen LogP contribution in [0.15, 0.2) is 12.1 Å². The largest absolute Gasteiger partial charge is 0.493 e. The first-order valence-electron chi connectivity index (χ1n) is 10.2. The molecule has 2 heterocycles. The van der Waals surface area contributed by atoms with E-state index in [1.54, 1.807) is 7.11 Å². The van der Waals surface area contributed by atoms with Gasteiger partial charge in [0.05, 0.1) is 13.0 Å². The highest BCUT2D eigenvalue weighted by Gasteiger charge is 2.62. The summed E-state index contributed by atoms with van der Waals surface area (Å²) in [5, 5.41) is 0. The van der Waals surface area contributed by atoms with Crippen molar-refractivity contribution in [1.82, 2.24) is 4.90 Å². The molecule has 27 heavy (non-hydrogen) atoms. The van der Waals surface area contributed by atoms with Crippen molar-refractivity contribution in [3.8, 4) is 11.5 Å². The Morgan fingerprint density at radius 1 is 1.44 bits per heavy atom. The molecule has 0 saturated heterocycles. The maximum Gasteiger partial charge on any atom is 0.308 e. The minimum atomic E-state index is -0.107. The Morgan fingerprint density at radius 2 is 2.22 bits per heavy atom. The zero-order valence-electron chi connectivity index (χ0n) is 17.1. The minimum absolute atomic E-state index is 0.0405. The summed E-state index contributed by atoms with van der Waals surface area (Å²) in [6.45, 7) is 8.12. The molecule has 1 saturated carbocycles. The SMILES string of the molecule is CC[C@@H](C)C(=O)O[C@@H]1CC2Oc3c(OC)ccc4c3[C@]2(CCN(C)C4)C1C. The molecule has 1 aromatic carbocycles. The summed E-state index contributed by atoms with van der Waals surface area (Å²) in [7, 11) is 3.87. The number of nitrogens with zero attached hydrogens (tertiary/aromatic N) is 1. The number of carbonyl (C=O) groups excluding carboxylic acids is 1. The fourth-order valence-electron chi connectivity index (χ4n) is 5.30. The number of esters is 1. The quantitative estimate of drug-likeness (QED) is 0.756. The third-order valence-electron chi connectivity index (χ3n) is 7.17. The summed E-state index contributed by atoms with van der Waals surface area (Å²) < 4.78 is 18.1. The van der Waals surface area contributed by atoms with E-state index in [1.165, 1.54) is 11.1 Å². The predicted molar refractivity (Wildman–Crippen MR) is 103 cm³/mol. The second-order valence-corrected chi connectivity index (χ2v) is 8.57. The molecule has 5 atom stereocenters. The van der Waals surface area contributed by atoms with Crippen molar-refractivity contribution >= 4 is 5.97 Å². The maximum absolute atomic E-state index is 12.4. The molecule has 1 spiro atoms. The molecule has 0 amide bonds. The molecule has 0 radical (unpaired) electrons. The van der Waals surface area contributed by atoms with Gasteiger partial charge in [-0.2, -0.15) is 0 Å². The van der Waals surface area contributed by atoms with Crippen LogP contribution in [-0.2, 0) is 21.5 Å². The summed E-state index contributed by atoms with van der Waals surface area (Å²) in [5.41, 5.74) is 2.50. The summed E-state index contributed by atoms with van der Waals surface area (Å²) in [5.74, 6) is 1.80. The van der Waals surface area contributed by atoms with Gasteiger partial charge in [-0.3, -0.25) is 4.79 Å². The number of hydrogen-bond donors (Lipinski definition) is 0. The van der Waals surface area contributed by atoms with Crippen molar-refractivity contribution in [2.75, 3.05) is 20.7 Å². The van der Waals surface area contributed by atoms with Crippen molar-refractivity contribution in [3.05, 3.63) is 23.3 Å². The van der Waals surface area contributed by atoms with Crippen molar-refractivity contribution in [2.45, 2.75) is 64.2 Å². The summed E-state index contributed by atoms with van der Waals surface area (Å²) in [6, 6.07) is 4.20. The molecule has 3 aliphatic rings. The lowest BCUT2D eigenvalue weighted by atomic mass is 9.69. The minimum Gasteiger partial charge on any atom is -0.493 e. The lowest BCUT2D eigenvalue weighted by Crippen LogP contribution is -2.40. The molecule has 2 aliphatic heterocycles. The monoisotopic (exact) mass is 373 g/mol. The first-order valence-corrected chi connectivity index (χ1v) is 10.2. The van der Waals surface area contributed by atoms with Gasteiger partial charge in [-0.1, -0.05) is 26.8 Å². The van der Waals surface area contributed by atoms with E-state index >= 15 is 0 Å². The van der Waals surface area contributed by atoms with Crippen LogP contribution < -0.4 is 9.47 Å². The zero-order chi connectivity index (χ0) is 19.3. The van der Waals surface area contributed by atoms with Crippen LogP contribution in [0.4, 0.5) is 0 Å². The number of carbonyl (C=O) groups is 1. The predicted octanol–water partition coefficient (Wildman–Crippen LogP) is 3.53. The molecule has 5 nitrogen and oxygen atoms in total. The second kappa shape index (κ2) is 6.69. The molecule has 0 bridgehead atoms. The lowest BCUT2D eigenvalue weighted by Gasteiger charge is -2.34. The van der Waals surface area contributed by atoms with Crippen molar-refractivity contribution in [3.63, 3.8) is 0 Å². The summed E-state index contributed by atoms with van der Waals surface area (Å²) >= 11 is 0. The van der Waals surface area contributed by atoms with Gasteiger partial charge in [0.2, 0.25) is 0 Å². The molecule has 1 aromatic rings. The standard InChI is InChI=1S/C22H31NO4/c1-6-13(2)21(24)26-17-11-18-22(14(17)3)9-10-23(4)12-15-7-8-16(25-5)20(27-18)19(15)22/h7-8,13-14,17-18H,6,9-12H2,1-5H3/t13-,14?,17-,18?,22-/m1/s1. The maximum atomic E-state index is 12.4. The van der Waals surface area contributed by atoms with Crippen LogP contribution in [0.1, 0.15) is 51.2 Å². The van der Waals surface area contributed by atoms with E-state index in [2.05, 4.69) is 24.9 Å². The Balaban J connectivity index is 1.74. The average molecular weight is 373 g/mol. The highest BCUT2D eigenvalue weighted by Crippen LogP contribution is 2.61. The summed E-state index contributed by atoms with van der Waals surface area (Å²) in [4.78, 5) is 14.8. The average Bonchev–Trinajstić information content (AvgIpc) is 3.05. The highest BCUT2D eigenvalue weighted by molar-refractivity contribution is 5.72. The third-order valence-corrected chi connectivity index (χ3v) is 7.17. The van der Waals surface area contributed by atoms with Gasteiger partial charge in [0, 0.05) is 29.9 Å². The first-order chi connectivity index (χ1) is 12.9. The van der Waals surface area contributed by atoms with Crippen LogP contribution in [0.3, 0.4) is 0 Å². The lowest BCUT2D eigenvalue weighted by molar-refractivity contribution is -0.155.